The highest BCUT2D eigenvalue weighted by Crippen LogP contribution is 2.44. The number of hydrogen-bond donors (Lipinski definition) is 0. The molecular formula is C50H86O10SSi2. The van der Waals surface area contributed by atoms with Gasteiger partial charge in [-0.15, -0.1) is 0 Å². The summed E-state index contributed by atoms with van der Waals surface area (Å²) in [5.74, 6) is -0.324. The van der Waals surface area contributed by atoms with Gasteiger partial charge in [0, 0.05) is 32.3 Å². The lowest BCUT2D eigenvalue weighted by molar-refractivity contribution is -0.184. The molecular weight excluding hydrogens is 849 g/mol. The van der Waals surface area contributed by atoms with Gasteiger partial charge in [-0.25, -0.2) is 8.42 Å². The Morgan fingerprint density at radius 2 is 1.44 bits per heavy atom. The predicted octanol–water partition coefficient (Wildman–Crippen LogP) is 11.0. The predicted molar refractivity (Wildman–Crippen MR) is 258 cm³/mol. The molecule has 360 valence electrons. The van der Waals surface area contributed by atoms with Crippen molar-refractivity contribution < 1.29 is 45.7 Å². The van der Waals surface area contributed by atoms with Gasteiger partial charge in [-0.1, -0.05) is 80.7 Å². The van der Waals surface area contributed by atoms with Crippen LogP contribution in [-0.2, 0) is 53.5 Å². The van der Waals surface area contributed by atoms with E-state index in [2.05, 4.69) is 94.7 Å². The minimum Gasteiger partial charge on any atom is -0.414 e. The molecule has 4 aliphatic heterocycles. The molecule has 1 aromatic rings. The van der Waals surface area contributed by atoms with Crippen molar-refractivity contribution in [2.45, 2.75) is 216 Å². The molecule has 0 spiro atoms. The first kappa shape index (κ1) is 52.7. The van der Waals surface area contributed by atoms with Crippen LogP contribution in [0, 0.1) is 11.8 Å². The van der Waals surface area contributed by atoms with Crippen molar-refractivity contribution in [3.05, 3.63) is 54.1 Å². The average molecular weight is 935 g/mol. The van der Waals surface area contributed by atoms with E-state index < -0.39 is 50.7 Å². The number of sulfone groups is 1. The first-order valence-corrected chi connectivity index (χ1v) is 31.5. The summed E-state index contributed by atoms with van der Waals surface area (Å²) in [6.07, 6.45) is 5.97. The quantitative estimate of drug-likeness (QED) is 0.0926. The largest absolute Gasteiger partial charge is 0.414 e. The first-order chi connectivity index (χ1) is 29.3. The van der Waals surface area contributed by atoms with Crippen LogP contribution in [0.5, 0.6) is 0 Å². The maximum absolute atomic E-state index is 14.3. The van der Waals surface area contributed by atoms with Crippen molar-refractivity contribution in [2.24, 2.45) is 11.8 Å². The van der Waals surface area contributed by atoms with Crippen LogP contribution in [0.25, 0.3) is 0 Å². The molecule has 0 unspecified atom stereocenters. The SMILES string of the molecule is C=C1C[C@H](CCC2OCCCO2)O[C@H]1CC[C@H]1C[C@@H](C)C(=C)[C@@H](C[C@@H]2O[C@H](C[C@@H](CO[Si](C)(C)C(C)(C)C)O[Si](C)(C)C(C)(C)C)[C@H](OC)[C@H]2CS(=O)(=O)c2ccc(CC)cc2)O1. The number of rotatable bonds is 20. The minimum atomic E-state index is -3.71. The minimum absolute atomic E-state index is 0.000437. The second-order valence-corrected chi connectivity index (χ2v) is 33.7. The number of aryl methyl sites for hydroxylation is 1. The van der Waals surface area contributed by atoms with E-state index in [-0.39, 0.29) is 58.6 Å². The van der Waals surface area contributed by atoms with Crippen LogP contribution in [0.2, 0.25) is 36.3 Å². The average Bonchev–Trinajstić information content (AvgIpc) is 3.73. The molecule has 0 aliphatic carbocycles. The molecule has 63 heavy (non-hydrogen) atoms. The van der Waals surface area contributed by atoms with Crippen LogP contribution < -0.4 is 0 Å². The van der Waals surface area contributed by atoms with Crippen molar-refractivity contribution in [1.82, 2.24) is 0 Å². The fourth-order valence-corrected chi connectivity index (χ4v) is 13.1. The molecule has 4 saturated heterocycles. The lowest BCUT2D eigenvalue weighted by Crippen LogP contribution is -2.49. The van der Waals surface area contributed by atoms with Crippen LogP contribution in [0.3, 0.4) is 0 Å². The molecule has 0 amide bonds. The normalized spacial score (nSPS) is 30.0. The maximum Gasteiger partial charge on any atom is 0.192 e. The molecule has 1 aromatic carbocycles. The topological polar surface area (TPSA) is 108 Å². The van der Waals surface area contributed by atoms with Crippen molar-refractivity contribution >= 4 is 26.5 Å². The Balaban J connectivity index is 1.35. The molecule has 0 radical (unpaired) electrons. The van der Waals surface area contributed by atoms with Gasteiger partial charge < -0.3 is 37.3 Å². The standard InChI is InChI=1S/C50H86O10SSi2/c1-16-37-18-22-41(23-19-37)61(51,52)33-42-45(59-46(48(42)53-11)30-40(60-63(14,15)50(8,9)10)32-56-62(12,13)49(5,6)7)31-44-36(4)34(2)28-38(58-44)20-24-43-35(3)29-39(57-43)21-25-47-54-26-17-27-55-47/h18-19,22-23,34,38-40,42-48H,3-4,16-17,20-21,24-33H2,1-2,5-15H3/t34-,38+,39+,40+,42+,43+,44-,45+,46-,48-/m1/s1. The van der Waals surface area contributed by atoms with Gasteiger partial charge in [0.05, 0.1) is 79.3 Å². The molecule has 13 heteroatoms. The third-order valence-electron chi connectivity index (χ3n) is 15.3. The van der Waals surface area contributed by atoms with Gasteiger partial charge in [0.25, 0.3) is 0 Å². The van der Waals surface area contributed by atoms with Gasteiger partial charge in [-0.3, -0.25) is 0 Å². The van der Waals surface area contributed by atoms with Crippen LogP contribution >= 0.6 is 0 Å². The Morgan fingerprint density at radius 1 is 0.825 bits per heavy atom. The Kier molecular flexibility index (Phi) is 18.3. The van der Waals surface area contributed by atoms with Gasteiger partial charge in [0.15, 0.2) is 32.8 Å². The summed E-state index contributed by atoms with van der Waals surface area (Å²) in [6, 6.07) is 7.30. The van der Waals surface area contributed by atoms with E-state index in [9.17, 15) is 8.42 Å². The van der Waals surface area contributed by atoms with Gasteiger partial charge in [-0.05, 0) is 116 Å². The Bertz CT molecular complexity index is 1750. The zero-order valence-corrected chi connectivity index (χ0v) is 44.3. The maximum atomic E-state index is 14.3. The van der Waals surface area contributed by atoms with E-state index in [4.69, 9.17) is 37.3 Å². The third-order valence-corrected chi connectivity index (χ3v) is 26.2. The summed E-state index contributed by atoms with van der Waals surface area (Å²) in [6.45, 7) is 37.8. The molecule has 0 aromatic heterocycles. The summed E-state index contributed by atoms with van der Waals surface area (Å²) in [5.41, 5.74) is 3.27. The summed E-state index contributed by atoms with van der Waals surface area (Å²) >= 11 is 0. The highest BCUT2D eigenvalue weighted by atomic mass is 32.2. The van der Waals surface area contributed by atoms with Crippen molar-refractivity contribution in [3.8, 4) is 0 Å². The van der Waals surface area contributed by atoms with Crippen molar-refractivity contribution in [3.63, 3.8) is 0 Å². The first-order valence-electron chi connectivity index (χ1n) is 24.1. The van der Waals surface area contributed by atoms with Gasteiger partial charge >= 0.3 is 0 Å². The van der Waals surface area contributed by atoms with Crippen LogP contribution in [-0.4, -0.2) is 113 Å². The molecule has 0 N–H and O–H groups in total. The Labute approximate surface area is 385 Å². The number of benzene rings is 1. The van der Waals surface area contributed by atoms with E-state index in [0.717, 1.165) is 81.3 Å². The number of methoxy groups -OCH3 is 1. The zero-order chi connectivity index (χ0) is 46.5. The smallest absolute Gasteiger partial charge is 0.192 e. The fourth-order valence-electron chi connectivity index (χ4n) is 9.09. The van der Waals surface area contributed by atoms with Crippen LogP contribution in [0.1, 0.15) is 119 Å². The van der Waals surface area contributed by atoms with Crippen LogP contribution in [0.15, 0.2) is 53.5 Å². The van der Waals surface area contributed by atoms with E-state index in [0.29, 0.717) is 24.3 Å². The van der Waals surface area contributed by atoms with Crippen molar-refractivity contribution in [2.75, 3.05) is 32.7 Å². The van der Waals surface area contributed by atoms with E-state index in [1.165, 1.54) is 0 Å². The summed E-state index contributed by atoms with van der Waals surface area (Å²) in [4.78, 5) is 0.319. The van der Waals surface area contributed by atoms with Gasteiger partial charge in [0.2, 0.25) is 0 Å². The fraction of sp³-hybridized carbons (Fsp3) is 0.800. The van der Waals surface area contributed by atoms with Gasteiger partial charge in [0.1, 0.15) is 0 Å². The molecule has 10 atom stereocenters. The molecule has 0 saturated carbocycles. The molecule has 4 aliphatic rings. The second kappa shape index (κ2) is 21.8. The molecule has 0 bridgehead atoms. The summed E-state index contributed by atoms with van der Waals surface area (Å²) in [7, 11) is -6.39. The van der Waals surface area contributed by atoms with Gasteiger partial charge in [-0.2, -0.15) is 0 Å². The molecule has 5 rings (SSSR count). The third kappa shape index (κ3) is 13.9. The van der Waals surface area contributed by atoms with E-state index in [1.54, 1.807) is 19.2 Å². The highest BCUT2D eigenvalue weighted by molar-refractivity contribution is 7.91. The van der Waals surface area contributed by atoms with E-state index in [1.807, 2.05) is 12.1 Å². The Hall–Kier alpha value is -1.24. The number of ether oxygens (including phenoxy) is 6. The molecule has 4 fully saturated rings. The Morgan fingerprint density at radius 3 is 2.05 bits per heavy atom. The summed E-state index contributed by atoms with van der Waals surface area (Å²) in [5, 5.41) is 0.0150. The van der Waals surface area contributed by atoms with Crippen LogP contribution in [0.4, 0.5) is 0 Å². The van der Waals surface area contributed by atoms with Crippen molar-refractivity contribution in [1.29, 1.82) is 0 Å². The zero-order valence-electron chi connectivity index (χ0n) is 41.5. The summed E-state index contributed by atoms with van der Waals surface area (Å²) < 4.78 is 81.2. The second-order valence-electron chi connectivity index (χ2n) is 22.1. The highest BCUT2D eigenvalue weighted by Gasteiger charge is 2.50. The lowest BCUT2D eigenvalue weighted by atomic mass is 9.83. The number of hydrogen-bond acceptors (Lipinski definition) is 10. The van der Waals surface area contributed by atoms with E-state index >= 15 is 0 Å². The monoisotopic (exact) mass is 935 g/mol. The molecule has 4 heterocycles. The lowest BCUT2D eigenvalue weighted by Gasteiger charge is -2.42. The molecule has 10 nitrogen and oxygen atoms in total.